The van der Waals surface area contributed by atoms with Crippen molar-refractivity contribution < 1.29 is 0 Å². The molecule has 0 fully saturated rings. The molecule has 0 saturated carbocycles. The van der Waals surface area contributed by atoms with Crippen LogP contribution in [0.25, 0.3) is 22.0 Å². The van der Waals surface area contributed by atoms with Crippen LogP contribution >= 0.6 is 12.4 Å². The van der Waals surface area contributed by atoms with Crippen molar-refractivity contribution in [3.8, 4) is 11.1 Å². The second-order valence-electron chi connectivity index (χ2n) is 6.21. The first-order valence-corrected chi connectivity index (χ1v) is 7.84. The molecule has 1 aliphatic rings. The normalized spacial score (nSPS) is 13.5. The highest BCUT2D eigenvalue weighted by Gasteiger charge is 2.15. The number of aromatic amines is 1. The van der Waals surface area contributed by atoms with Crippen LogP contribution in [0.5, 0.6) is 0 Å². The zero-order valence-electron chi connectivity index (χ0n) is 13.5. The highest BCUT2D eigenvalue weighted by molar-refractivity contribution is 5.89. The van der Waals surface area contributed by atoms with Gasteiger partial charge in [-0.05, 0) is 41.0 Å². The van der Waals surface area contributed by atoms with E-state index in [1.807, 2.05) is 0 Å². The molecule has 2 heterocycles. The lowest BCUT2D eigenvalue weighted by Gasteiger charge is -2.13. The predicted octanol–water partition coefficient (Wildman–Crippen LogP) is 3.97. The standard InChI is InChI=1S/C19H21N3.ClH/c1-22(2)15-6-3-13(4-7-15)14-5-8-18-16(11-14)17-12-20-10-9-19(17)21-18;/h3-8,11,20-21H,9-10,12H2,1-2H3;1H. The van der Waals surface area contributed by atoms with E-state index >= 15 is 0 Å². The van der Waals surface area contributed by atoms with Gasteiger partial charge in [-0.15, -0.1) is 12.4 Å². The fraction of sp³-hybridized carbons (Fsp3) is 0.263. The summed E-state index contributed by atoms with van der Waals surface area (Å²) in [6.07, 6.45) is 1.09. The van der Waals surface area contributed by atoms with Gasteiger partial charge in [0.2, 0.25) is 0 Å². The number of benzene rings is 2. The summed E-state index contributed by atoms with van der Waals surface area (Å²) in [6.45, 7) is 2.04. The van der Waals surface area contributed by atoms with Crippen LogP contribution in [0, 0.1) is 0 Å². The lowest BCUT2D eigenvalue weighted by Crippen LogP contribution is -2.22. The molecule has 1 aliphatic heterocycles. The lowest BCUT2D eigenvalue weighted by molar-refractivity contribution is 0.641. The van der Waals surface area contributed by atoms with E-state index in [0.717, 1.165) is 19.5 Å². The maximum atomic E-state index is 3.57. The number of fused-ring (bicyclic) bond motifs is 3. The van der Waals surface area contributed by atoms with E-state index in [1.165, 1.54) is 39.0 Å². The topological polar surface area (TPSA) is 31.1 Å². The van der Waals surface area contributed by atoms with E-state index in [1.54, 1.807) is 0 Å². The highest BCUT2D eigenvalue weighted by atomic mass is 35.5. The van der Waals surface area contributed by atoms with Crippen molar-refractivity contribution in [2.75, 3.05) is 25.5 Å². The van der Waals surface area contributed by atoms with Crippen LogP contribution in [0.1, 0.15) is 11.3 Å². The third kappa shape index (κ3) is 2.82. The summed E-state index contributed by atoms with van der Waals surface area (Å²) in [4.78, 5) is 5.70. The molecule has 0 unspecified atom stereocenters. The van der Waals surface area contributed by atoms with Crippen molar-refractivity contribution in [1.82, 2.24) is 10.3 Å². The van der Waals surface area contributed by atoms with Crippen LogP contribution in [0.2, 0.25) is 0 Å². The number of H-pyrrole nitrogens is 1. The summed E-state index contributed by atoms with van der Waals surface area (Å²) in [5, 5.41) is 4.83. The smallest absolute Gasteiger partial charge is 0.0459 e. The van der Waals surface area contributed by atoms with Gasteiger partial charge in [-0.1, -0.05) is 18.2 Å². The van der Waals surface area contributed by atoms with Crippen LogP contribution in [0.3, 0.4) is 0 Å². The molecule has 23 heavy (non-hydrogen) atoms. The van der Waals surface area contributed by atoms with Gasteiger partial charge in [0, 0.05) is 55.9 Å². The van der Waals surface area contributed by atoms with Gasteiger partial charge in [-0.2, -0.15) is 0 Å². The third-order valence-corrected chi connectivity index (χ3v) is 4.57. The summed E-state index contributed by atoms with van der Waals surface area (Å²) in [5.74, 6) is 0. The molecular weight excluding hydrogens is 306 g/mol. The molecule has 2 N–H and O–H groups in total. The number of anilines is 1. The van der Waals surface area contributed by atoms with Gasteiger partial charge in [0.15, 0.2) is 0 Å². The molecule has 0 radical (unpaired) electrons. The summed E-state index contributed by atoms with van der Waals surface area (Å²) in [7, 11) is 4.14. The molecule has 0 atom stereocenters. The number of hydrogen-bond acceptors (Lipinski definition) is 2. The number of rotatable bonds is 2. The Bertz CT molecular complexity index is 818. The zero-order valence-corrected chi connectivity index (χ0v) is 14.3. The highest BCUT2D eigenvalue weighted by Crippen LogP contribution is 2.30. The predicted molar refractivity (Wildman–Crippen MR) is 101 cm³/mol. The van der Waals surface area contributed by atoms with Gasteiger partial charge < -0.3 is 15.2 Å². The molecule has 2 aromatic carbocycles. The van der Waals surface area contributed by atoms with Crippen molar-refractivity contribution in [1.29, 1.82) is 0 Å². The second-order valence-corrected chi connectivity index (χ2v) is 6.21. The van der Waals surface area contributed by atoms with Crippen LogP contribution in [0.15, 0.2) is 42.5 Å². The molecule has 0 aliphatic carbocycles. The van der Waals surface area contributed by atoms with Gasteiger partial charge in [0.05, 0.1) is 0 Å². The van der Waals surface area contributed by atoms with E-state index in [9.17, 15) is 0 Å². The summed E-state index contributed by atoms with van der Waals surface area (Å²) < 4.78 is 0. The molecule has 0 amide bonds. The zero-order chi connectivity index (χ0) is 15.1. The van der Waals surface area contributed by atoms with Gasteiger partial charge in [0.25, 0.3) is 0 Å². The number of hydrogen-bond donors (Lipinski definition) is 2. The van der Waals surface area contributed by atoms with Gasteiger partial charge >= 0.3 is 0 Å². The van der Waals surface area contributed by atoms with Crippen LogP contribution in [0.4, 0.5) is 5.69 Å². The minimum absolute atomic E-state index is 0. The lowest BCUT2D eigenvalue weighted by atomic mass is 10.0. The molecule has 120 valence electrons. The van der Waals surface area contributed by atoms with Crippen molar-refractivity contribution in [3.63, 3.8) is 0 Å². The van der Waals surface area contributed by atoms with Gasteiger partial charge in [0.1, 0.15) is 0 Å². The molecule has 0 saturated heterocycles. The van der Waals surface area contributed by atoms with Gasteiger partial charge in [-0.3, -0.25) is 0 Å². The Labute approximate surface area is 143 Å². The van der Waals surface area contributed by atoms with Crippen LogP contribution < -0.4 is 10.2 Å². The third-order valence-electron chi connectivity index (χ3n) is 4.57. The van der Waals surface area contributed by atoms with E-state index in [-0.39, 0.29) is 12.4 Å². The number of halogens is 1. The van der Waals surface area contributed by atoms with E-state index in [2.05, 4.69) is 71.8 Å². The number of nitrogens with one attached hydrogen (secondary N) is 2. The van der Waals surface area contributed by atoms with Gasteiger partial charge in [-0.25, -0.2) is 0 Å². The maximum absolute atomic E-state index is 3.57. The van der Waals surface area contributed by atoms with Crippen LogP contribution in [-0.4, -0.2) is 25.6 Å². The molecule has 4 rings (SSSR count). The van der Waals surface area contributed by atoms with Crippen molar-refractivity contribution in [3.05, 3.63) is 53.7 Å². The van der Waals surface area contributed by atoms with E-state index in [4.69, 9.17) is 0 Å². The quantitative estimate of drug-likeness (QED) is 0.746. The molecular formula is C19H22ClN3. The van der Waals surface area contributed by atoms with Crippen molar-refractivity contribution in [2.24, 2.45) is 0 Å². The molecule has 0 spiro atoms. The van der Waals surface area contributed by atoms with E-state index < -0.39 is 0 Å². The first-order valence-electron chi connectivity index (χ1n) is 7.84. The Morgan fingerprint density at radius 3 is 2.43 bits per heavy atom. The van der Waals surface area contributed by atoms with Crippen molar-refractivity contribution in [2.45, 2.75) is 13.0 Å². The first kappa shape index (κ1) is 15.9. The molecule has 1 aromatic heterocycles. The Kier molecular flexibility index (Phi) is 4.33. The maximum Gasteiger partial charge on any atom is 0.0459 e. The number of nitrogens with zero attached hydrogens (tertiary/aromatic N) is 1. The molecule has 4 heteroatoms. The monoisotopic (exact) mass is 327 g/mol. The Balaban J connectivity index is 0.00000156. The van der Waals surface area contributed by atoms with E-state index in [0.29, 0.717) is 0 Å². The summed E-state index contributed by atoms with van der Waals surface area (Å²) in [6, 6.07) is 15.5. The summed E-state index contributed by atoms with van der Waals surface area (Å²) in [5.41, 5.74) is 7.87. The molecule has 3 nitrogen and oxygen atoms in total. The average Bonchev–Trinajstić information content (AvgIpc) is 2.92. The van der Waals surface area contributed by atoms with Crippen molar-refractivity contribution >= 4 is 29.0 Å². The Hall–Kier alpha value is -1.97. The first-order chi connectivity index (χ1) is 10.7. The minimum Gasteiger partial charge on any atom is -0.378 e. The van der Waals surface area contributed by atoms with Crippen LogP contribution in [-0.2, 0) is 13.0 Å². The fourth-order valence-electron chi connectivity index (χ4n) is 3.28. The largest absolute Gasteiger partial charge is 0.378 e. The fourth-order valence-corrected chi connectivity index (χ4v) is 3.28. The molecule has 3 aromatic rings. The molecule has 0 bridgehead atoms. The summed E-state index contributed by atoms with van der Waals surface area (Å²) >= 11 is 0. The minimum atomic E-state index is 0. The SMILES string of the molecule is CN(C)c1ccc(-c2ccc3[nH]c4c(c3c2)CNCC4)cc1.Cl. The Morgan fingerprint density at radius 1 is 0.957 bits per heavy atom. The average molecular weight is 328 g/mol. The Morgan fingerprint density at radius 2 is 1.70 bits per heavy atom. The number of aromatic nitrogens is 1. The second kappa shape index (κ2) is 6.26.